The van der Waals surface area contributed by atoms with E-state index in [-0.39, 0.29) is 29.5 Å². The van der Waals surface area contributed by atoms with Gasteiger partial charge in [-0.1, -0.05) is 6.07 Å². The molecule has 0 aliphatic carbocycles. The summed E-state index contributed by atoms with van der Waals surface area (Å²) in [6, 6.07) is 5.49. The first-order valence-electron chi connectivity index (χ1n) is 6.31. The van der Waals surface area contributed by atoms with Gasteiger partial charge in [-0.25, -0.2) is 0 Å². The van der Waals surface area contributed by atoms with Gasteiger partial charge in [0.2, 0.25) is 5.56 Å². The van der Waals surface area contributed by atoms with Gasteiger partial charge in [-0.05, 0) is 32.8 Å². The van der Waals surface area contributed by atoms with Gasteiger partial charge in [-0.2, -0.15) is 0 Å². The molecule has 0 amide bonds. The first kappa shape index (κ1) is 17.9. The Balaban J connectivity index is 0.00000324. The predicted molar refractivity (Wildman–Crippen MR) is 90.1 cm³/mol. The maximum Gasteiger partial charge on any atom is 0.250 e. The summed E-state index contributed by atoms with van der Waals surface area (Å²) in [5, 5.41) is 3.03. The quantitative estimate of drug-likeness (QED) is 0.342. The number of hydrogen-bond acceptors (Lipinski definition) is 2. The normalized spacial score (nSPS) is 11.2. The van der Waals surface area contributed by atoms with Crippen LogP contribution in [0.1, 0.15) is 26.7 Å². The smallest absolute Gasteiger partial charge is 0.250 e. The summed E-state index contributed by atoms with van der Waals surface area (Å²) in [5.41, 5.74) is 5.72. The molecule has 1 heterocycles. The molecule has 0 fully saturated rings. The lowest BCUT2D eigenvalue weighted by Crippen LogP contribution is -2.36. The average Bonchev–Trinajstić information content (AvgIpc) is 2.30. The van der Waals surface area contributed by atoms with Gasteiger partial charge in [0.05, 0.1) is 0 Å². The molecule has 19 heavy (non-hydrogen) atoms. The van der Waals surface area contributed by atoms with E-state index in [1.54, 1.807) is 22.9 Å². The van der Waals surface area contributed by atoms with Crippen LogP contribution in [0.15, 0.2) is 34.2 Å². The Bertz CT molecular complexity index is 442. The fourth-order valence-corrected chi connectivity index (χ4v) is 1.58. The fraction of sp³-hybridized carbons (Fsp3) is 0.538. The molecule has 108 valence electrons. The number of aromatic nitrogens is 1. The number of nitrogens with two attached hydrogens (primary N) is 1. The minimum Gasteiger partial charge on any atom is -0.370 e. The number of rotatable bonds is 6. The average molecular weight is 378 g/mol. The molecule has 1 rings (SSSR count). The Morgan fingerprint density at radius 1 is 1.42 bits per heavy atom. The number of aryl methyl sites for hydroxylation is 1. The van der Waals surface area contributed by atoms with E-state index in [4.69, 9.17) is 5.73 Å². The van der Waals surface area contributed by atoms with Crippen LogP contribution in [0.4, 0.5) is 0 Å². The first-order chi connectivity index (χ1) is 8.59. The Kier molecular flexibility index (Phi) is 9.28. The number of halogens is 1. The number of nitrogens with one attached hydrogen (secondary N) is 1. The number of hydrogen-bond donors (Lipinski definition) is 2. The second kappa shape index (κ2) is 9.82. The van der Waals surface area contributed by atoms with Crippen LogP contribution in [0.5, 0.6) is 0 Å². The van der Waals surface area contributed by atoms with E-state index in [0.29, 0.717) is 18.5 Å². The summed E-state index contributed by atoms with van der Waals surface area (Å²) in [6.45, 7) is 5.45. The number of nitrogens with zero attached hydrogens (tertiary/aromatic N) is 2. The maximum absolute atomic E-state index is 11.4. The fourth-order valence-electron chi connectivity index (χ4n) is 1.58. The molecular formula is C13H23IN4O. The first-order valence-corrected chi connectivity index (χ1v) is 6.31. The molecule has 0 atom stereocenters. The molecule has 1 aromatic heterocycles. The van der Waals surface area contributed by atoms with Crippen molar-refractivity contribution in [1.29, 1.82) is 0 Å². The van der Waals surface area contributed by atoms with E-state index in [1.165, 1.54) is 0 Å². The highest BCUT2D eigenvalue weighted by atomic mass is 127. The zero-order valence-electron chi connectivity index (χ0n) is 11.5. The van der Waals surface area contributed by atoms with Crippen LogP contribution in [-0.4, -0.2) is 23.1 Å². The lowest BCUT2D eigenvalue weighted by Gasteiger charge is -2.08. The van der Waals surface area contributed by atoms with Crippen molar-refractivity contribution in [3.63, 3.8) is 0 Å². The van der Waals surface area contributed by atoms with E-state index in [1.807, 2.05) is 19.9 Å². The Hall–Kier alpha value is -1.05. The highest BCUT2D eigenvalue weighted by Crippen LogP contribution is 1.93. The third-order valence-electron chi connectivity index (χ3n) is 2.42. The van der Waals surface area contributed by atoms with Gasteiger partial charge in [-0.15, -0.1) is 24.0 Å². The van der Waals surface area contributed by atoms with Gasteiger partial charge in [0.25, 0.3) is 0 Å². The second-order valence-electron chi connectivity index (χ2n) is 4.51. The van der Waals surface area contributed by atoms with E-state index in [0.717, 1.165) is 19.4 Å². The molecule has 0 radical (unpaired) electrons. The Morgan fingerprint density at radius 2 is 2.16 bits per heavy atom. The van der Waals surface area contributed by atoms with Crippen LogP contribution in [0, 0.1) is 0 Å². The number of guanidine groups is 1. The largest absolute Gasteiger partial charge is 0.370 e. The molecule has 5 nitrogen and oxygen atoms in total. The molecular weight excluding hydrogens is 355 g/mol. The van der Waals surface area contributed by atoms with Crippen LogP contribution >= 0.6 is 24.0 Å². The van der Waals surface area contributed by atoms with Gasteiger partial charge >= 0.3 is 0 Å². The van der Waals surface area contributed by atoms with Crippen LogP contribution in [0.25, 0.3) is 0 Å². The Morgan fingerprint density at radius 3 is 2.79 bits per heavy atom. The van der Waals surface area contributed by atoms with Crippen molar-refractivity contribution >= 4 is 29.9 Å². The maximum atomic E-state index is 11.4. The number of aliphatic imine (C=N–C) groups is 1. The van der Waals surface area contributed by atoms with Crippen molar-refractivity contribution in [3.8, 4) is 0 Å². The minimum absolute atomic E-state index is 0. The molecule has 0 saturated carbocycles. The monoisotopic (exact) mass is 378 g/mol. The van der Waals surface area contributed by atoms with Crippen molar-refractivity contribution in [2.24, 2.45) is 10.7 Å². The highest BCUT2D eigenvalue weighted by molar-refractivity contribution is 14.0. The molecule has 6 heteroatoms. The summed E-state index contributed by atoms with van der Waals surface area (Å²) >= 11 is 0. The highest BCUT2D eigenvalue weighted by Gasteiger charge is 1.96. The van der Waals surface area contributed by atoms with Crippen molar-refractivity contribution in [2.75, 3.05) is 6.54 Å². The Labute approximate surface area is 131 Å². The van der Waals surface area contributed by atoms with Crippen LogP contribution in [0.2, 0.25) is 0 Å². The molecule has 0 aromatic carbocycles. The molecule has 0 saturated heterocycles. The van der Waals surface area contributed by atoms with Crippen molar-refractivity contribution in [3.05, 3.63) is 34.7 Å². The zero-order chi connectivity index (χ0) is 13.4. The van der Waals surface area contributed by atoms with E-state index in [2.05, 4.69) is 10.3 Å². The second-order valence-corrected chi connectivity index (χ2v) is 4.51. The lowest BCUT2D eigenvalue weighted by atomic mass is 10.3. The lowest BCUT2D eigenvalue weighted by molar-refractivity contribution is 0.597. The van der Waals surface area contributed by atoms with Crippen LogP contribution < -0.4 is 16.6 Å². The molecule has 0 bridgehead atoms. The molecule has 0 aliphatic heterocycles. The van der Waals surface area contributed by atoms with Gasteiger partial charge in [0.15, 0.2) is 5.96 Å². The van der Waals surface area contributed by atoms with Crippen molar-refractivity contribution in [1.82, 2.24) is 9.88 Å². The molecule has 1 aromatic rings. The summed E-state index contributed by atoms with van der Waals surface area (Å²) in [5.74, 6) is 0.488. The number of pyridine rings is 1. The van der Waals surface area contributed by atoms with Crippen LogP contribution in [0.3, 0.4) is 0 Å². The van der Waals surface area contributed by atoms with Crippen molar-refractivity contribution < 1.29 is 0 Å². The van der Waals surface area contributed by atoms with E-state index < -0.39 is 0 Å². The summed E-state index contributed by atoms with van der Waals surface area (Å²) in [7, 11) is 0. The minimum atomic E-state index is 0. The van der Waals surface area contributed by atoms with Crippen LogP contribution in [-0.2, 0) is 6.54 Å². The third-order valence-corrected chi connectivity index (χ3v) is 2.42. The van der Waals surface area contributed by atoms with E-state index in [9.17, 15) is 4.79 Å². The zero-order valence-corrected chi connectivity index (χ0v) is 13.8. The van der Waals surface area contributed by atoms with Crippen molar-refractivity contribution in [2.45, 2.75) is 39.3 Å². The number of unbranched alkanes of at least 4 members (excludes halogenated alkanes) is 1. The predicted octanol–water partition coefficient (Wildman–Crippen LogP) is 1.56. The summed E-state index contributed by atoms with van der Waals surface area (Å²) < 4.78 is 1.71. The molecule has 0 unspecified atom stereocenters. The molecule has 0 aliphatic rings. The molecule has 0 spiro atoms. The molecule has 3 N–H and O–H groups in total. The van der Waals surface area contributed by atoms with Gasteiger partial charge < -0.3 is 15.6 Å². The van der Waals surface area contributed by atoms with Gasteiger partial charge in [0, 0.05) is 31.4 Å². The third kappa shape index (κ3) is 7.86. The SMILES string of the molecule is CC(C)NC(N)=NCCCCn1ccccc1=O.I. The summed E-state index contributed by atoms with van der Waals surface area (Å²) in [6.07, 6.45) is 3.64. The topological polar surface area (TPSA) is 72.4 Å². The summed E-state index contributed by atoms with van der Waals surface area (Å²) in [4.78, 5) is 15.6. The van der Waals surface area contributed by atoms with Gasteiger partial charge in [-0.3, -0.25) is 9.79 Å². The van der Waals surface area contributed by atoms with Gasteiger partial charge in [0.1, 0.15) is 0 Å². The van der Waals surface area contributed by atoms with E-state index >= 15 is 0 Å². The standard InChI is InChI=1S/C13H22N4O.HI/c1-11(2)16-13(14)15-8-4-6-10-17-9-5-3-7-12(17)18;/h3,5,7,9,11H,4,6,8,10H2,1-2H3,(H3,14,15,16);1H.